The van der Waals surface area contributed by atoms with E-state index in [-0.39, 0.29) is 11.1 Å². The molecule has 0 radical (unpaired) electrons. The van der Waals surface area contributed by atoms with E-state index in [2.05, 4.69) is 10.4 Å². The first-order valence-electron chi connectivity index (χ1n) is 5.91. The molecule has 0 spiro atoms. The second-order valence-electron chi connectivity index (χ2n) is 4.09. The van der Waals surface area contributed by atoms with Gasteiger partial charge in [0, 0.05) is 6.54 Å². The molecule has 0 saturated heterocycles. The highest BCUT2D eigenvalue weighted by Crippen LogP contribution is 2.30. The molecule has 19 heavy (non-hydrogen) atoms. The summed E-state index contributed by atoms with van der Waals surface area (Å²) in [6.07, 6.45) is 1.61. The number of hydrogen-bond donors (Lipinski definition) is 1. The Morgan fingerprint density at radius 1 is 1.37 bits per heavy atom. The molecular formula is C13H14Cl2FN3. The molecule has 1 N–H and O–H groups in total. The van der Waals surface area contributed by atoms with Crippen LogP contribution in [0.25, 0.3) is 0 Å². The quantitative estimate of drug-likeness (QED) is 0.934. The van der Waals surface area contributed by atoms with Crippen LogP contribution in [-0.4, -0.2) is 16.8 Å². The Balaban J connectivity index is 2.49. The van der Waals surface area contributed by atoms with Crippen LogP contribution in [-0.2, 0) is 6.54 Å². The molecule has 0 aliphatic rings. The Morgan fingerprint density at radius 2 is 2.11 bits per heavy atom. The Hall–Kier alpha value is -1.10. The van der Waals surface area contributed by atoms with Crippen molar-refractivity contribution in [3.8, 4) is 0 Å². The van der Waals surface area contributed by atoms with Crippen LogP contribution in [0, 0.1) is 5.82 Å². The minimum atomic E-state index is -0.435. The van der Waals surface area contributed by atoms with Gasteiger partial charge in [0.1, 0.15) is 5.82 Å². The number of hydrogen-bond acceptors (Lipinski definition) is 2. The van der Waals surface area contributed by atoms with E-state index in [9.17, 15) is 4.39 Å². The monoisotopic (exact) mass is 301 g/mol. The summed E-state index contributed by atoms with van der Waals surface area (Å²) in [7, 11) is 1.81. The number of halogens is 3. The molecule has 102 valence electrons. The third-order valence-electron chi connectivity index (χ3n) is 2.97. The lowest BCUT2D eigenvalue weighted by atomic mass is 10.0. The van der Waals surface area contributed by atoms with Crippen molar-refractivity contribution in [3.05, 3.63) is 51.5 Å². The first-order chi connectivity index (χ1) is 9.08. The molecule has 1 atom stereocenters. The van der Waals surface area contributed by atoms with Gasteiger partial charge in [-0.2, -0.15) is 5.10 Å². The Bertz CT molecular complexity index is 583. The highest BCUT2D eigenvalue weighted by Gasteiger charge is 2.21. The molecule has 1 heterocycles. The van der Waals surface area contributed by atoms with Crippen LogP contribution in [0.4, 0.5) is 4.39 Å². The van der Waals surface area contributed by atoms with Gasteiger partial charge in [-0.3, -0.25) is 4.68 Å². The van der Waals surface area contributed by atoms with Crippen LogP contribution in [0.3, 0.4) is 0 Å². The van der Waals surface area contributed by atoms with Gasteiger partial charge in [0.2, 0.25) is 0 Å². The van der Waals surface area contributed by atoms with Gasteiger partial charge in [-0.05, 0) is 31.7 Å². The van der Waals surface area contributed by atoms with Crippen molar-refractivity contribution in [2.75, 3.05) is 7.05 Å². The van der Waals surface area contributed by atoms with Crippen molar-refractivity contribution in [2.24, 2.45) is 0 Å². The molecule has 1 aromatic heterocycles. The standard InChI is InChI=1S/C13H14Cl2FN3/c1-3-19-13(10(15)7-18-19)12(17-2)8-4-5-11(16)9(14)6-8/h4-7,12,17H,3H2,1-2H3. The van der Waals surface area contributed by atoms with Crippen LogP contribution in [0.1, 0.15) is 24.2 Å². The van der Waals surface area contributed by atoms with Crippen LogP contribution < -0.4 is 5.32 Å². The van der Waals surface area contributed by atoms with Gasteiger partial charge < -0.3 is 5.32 Å². The summed E-state index contributed by atoms with van der Waals surface area (Å²) >= 11 is 12.0. The average molecular weight is 302 g/mol. The third-order valence-corrected chi connectivity index (χ3v) is 3.55. The van der Waals surface area contributed by atoms with Gasteiger partial charge in [0.15, 0.2) is 0 Å². The van der Waals surface area contributed by atoms with Crippen molar-refractivity contribution in [2.45, 2.75) is 19.5 Å². The molecule has 0 aliphatic carbocycles. The summed E-state index contributed by atoms with van der Waals surface area (Å²) in [4.78, 5) is 0. The van der Waals surface area contributed by atoms with E-state index in [1.807, 2.05) is 14.0 Å². The molecule has 0 bridgehead atoms. The lowest BCUT2D eigenvalue weighted by molar-refractivity contribution is 0.562. The molecule has 2 aromatic rings. The fourth-order valence-corrected chi connectivity index (χ4v) is 2.50. The molecule has 0 aliphatic heterocycles. The number of aromatic nitrogens is 2. The summed E-state index contributed by atoms with van der Waals surface area (Å²) in [5.74, 6) is -0.435. The molecule has 0 fully saturated rings. The van der Waals surface area contributed by atoms with Crippen molar-refractivity contribution in [3.63, 3.8) is 0 Å². The number of aryl methyl sites for hydroxylation is 1. The Morgan fingerprint density at radius 3 is 2.68 bits per heavy atom. The summed E-state index contributed by atoms with van der Waals surface area (Å²) in [6, 6.07) is 4.45. The van der Waals surface area contributed by atoms with Crippen LogP contribution in [0.5, 0.6) is 0 Å². The first kappa shape index (κ1) is 14.3. The fourth-order valence-electron chi connectivity index (χ4n) is 2.06. The largest absolute Gasteiger partial charge is 0.308 e. The van der Waals surface area contributed by atoms with E-state index in [0.717, 1.165) is 11.3 Å². The van der Waals surface area contributed by atoms with Crippen LogP contribution in [0.2, 0.25) is 10.0 Å². The zero-order valence-corrected chi connectivity index (χ0v) is 12.1. The van der Waals surface area contributed by atoms with Crippen molar-refractivity contribution in [1.82, 2.24) is 15.1 Å². The Labute approximate surface area is 121 Å². The fraction of sp³-hybridized carbons (Fsp3) is 0.308. The maximum Gasteiger partial charge on any atom is 0.141 e. The summed E-state index contributed by atoms with van der Waals surface area (Å²) in [5, 5.41) is 8.03. The first-order valence-corrected chi connectivity index (χ1v) is 6.67. The minimum absolute atomic E-state index is 0.0939. The number of benzene rings is 1. The summed E-state index contributed by atoms with van der Waals surface area (Å²) in [5.41, 5.74) is 1.68. The molecule has 0 amide bonds. The van der Waals surface area contributed by atoms with E-state index < -0.39 is 5.82 Å². The molecule has 6 heteroatoms. The zero-order valence-electron chi connectivity index (χ0n) is 10.6. The van der Waals surface area contributed by atoms with Gasteiger partial charge in [0.05, 0.1) is 28.0 Å². The van der Waals surface area contributed by atoms with Gasteiger partial charge in [-0.25, -0.2) is 4.39 Å². The highest BCUT2D eigenvalue weighted by atomic mass is 35.5. The Kier molecular flexibility index (Phi) is 4.45. The predicted octanol–water partition coefficient (Wildman–Crippen LogP) is 3.66. The van der Waals surface area contributed by atoms with Gasteiger partial charge >= 0.3 is 0 Å². The molecule has 0 saturated carbocycles. The van der Waals surface area contributed by atoms with Gasteiger partial charge in [-0.15, -0.1) is 0 Å². The van der Waals surface area contributed by atoms with E-state index in [1.165, 1.54) is 6.07 Å². The van der Waals surface area contributed by atoms with Crippen molar-refractivity contribution < 1.29 is 4.39 Å². The smallest absolute Gasteiger partial charge is 0.141 e. The maximum atomic E-state index is 13.2. The van der Waals surface area contributed by atoms with Crippen molar-refractivity contribution >= 4 is 23.2 Å². The summed E-state index contributed by atoms with van der Waals surface area (Å²) in [6.45, 7) is 2.69. The normalized spacial score (nSPS) is 12.7. The van der Waals surface area contributed by atoms with E-state index in [0.29, 0.717) is 11.6 Å². The lowest BCUT2D eigenvalue weighted by Gasteiger charge is -2.19. The molecule has 3 nitrogen and oxygen atoms in total. The number of nitrogens with one attached hydrogen (secondary N) is 1. The molecule has 2 rings (SSSR count). The average Bonchev–Trinajstić information content (AvgIpc) is 2.76. The lowest BCUT2D eigenvalue weighted by Crippen LogP contribution is -2.21. The van der Waals surface area contributed by atoms with Gasteiger partial charge in [-0.1, -0.05) is 29.3 Å². The highest BCUT2D eigenvalue weighted by molar-refractivity contribution is 6.31. The third kappa shape index (κ3) is 2.76. The number of nitrogens with zero attached hydrogens (tertiary/aromatic N) is 2. The second-order valence-corrected chi connectivity index (χ2v) is 4.90. The van der Waals surface area contributed by atoms with E-state index in [1.54, 1.807) is 23.0 Å². The van der Waals surface area contributed by atoms with Crippen LogP contribution in [0.15, 0.2) is 24.4 Å². The van der Waals surface area contributed by atoms with E-state index in [4.69, 9.17) is 23.2 Å². The van der Waals surface area contributed by atoms with Gasteiger partial charge in [0.25, 0.3) is 0 Å². The molecule has 1 unspecified atom stereocenters. The second kappa shape index (κ2) is 5.90. The molecular weight excluding hydrogens is 288 g/mol. The predicted molar refractivity (Wildman–Crippen MR) is 75.2 cm³/mol. The topological polar surface area (TPSA) is 29.9 Å². The zero-order chi connectivity index (χ0) is 14.0. The summed E-state index contributed by atoms with van der Waals surface area (Å²) < 4.78 is 15.0. The van der Waals surface area contributed by atoms with Crippen LogP contribution >= 0.6 is 23.2 Å². The molecule has 1 aromatic carbocycles. The number of rotatable bonds is 4. The van der Waals surface area contributed by atoms with E-state index >= 15 is 0 Å². The minimum Gasteiger partial charge on any atom is -0.308 e. The SMILES string of the molecule is CCn1ncc(Cl)c1C(NC)c1ccc(F)c(Cl)c1. The maximum absolute atomic E-state index is 13.2. The van der Waals surface area contributed by atoms with Crippen molar-refractivity contribution in [1.29, 1.82) is 0 Å².